The molecule has 1 rings (SSSR count). The lowest BCUT2D eigenvalue weighted by Gasteiger charge is -1.98. The fourth-order valence-electron chi connectivity index (χ4n) is 0.831. The first-order valence-electron chi connectivity index (χ1n) is 3.94. The monoisotopic (exact) mass is 231 g/mol. The molecule has 68 valence electrons. The highest BCUT2D eigenvalue weighted by atomic mass is 79.9. The van der Waals surface area contributed by atoms with E-state index in [1.165, 1.54) is 0 Å². The molecular formula is C9H14BrNO. The summed E-state index contributed by atoms with van der Waals surface area (Å²) in [7, 11) is 1.74. The van der Waals surface area contributed by atoms with Crippen molar-refractivity contribution in [2.75, 3.05) is 0 Å². The fourth-order valence-corrected chi connectivity index (χ4v) is 1.47. The van der Waals surface area contributed by atoms with Crippen molar-refractivity contribution in [2.45, 2.75) is 20.8 Å². The zero-order valence-electron chi connectivity index (χ0n) is 7.89. The van der Waals surface area contributed by atoms with Gasteiger partial charge in [0, 0.05) is 13.2 Å². The molecule has 1 heterocycles. The van der Waals surface area contributed by atoms with Crippen LogP contribution in [0.25, 0.3) is 0 Å². The number of aromatic nitrogens is 1. The molecule has 1 aromatic heterocycles. The van der Waals surface area contributed by atoms with Gasteiger partial charge in [-0.3, -0.25) is 4.79 Å². The lowest BCUT2D eigenvalue weighted by Crippen LogP contribution is -2.16. The Kier molecular flexibility index (Phi) is 4.90. The molecule has 0 spiro atoms. The van der Waals surface area contributed by atoms with Crippen LogP contribution in [0.4, 0.5) is 0 Å². The number of nitrogens with zero attached hydrogens (tertiary/aromatic N) is 1. The van der Waals surface area contributed by atoms with Gasteiger partial charge in [0.05, 0.1) is 4.47 Å². The number of rotatable bonds is 0. The van der Waals surface area contributed by atoms with Gasteiger partial charge in [-0.05, 0) is 34.5 Å². The van der Waals surface area contributed by atoms with Gasteiger partial charge in [0.15, 0.2) is 0 Å². The quantitative estimate of drug-likeness (QED) is 0.673. The molecule has 0 saturated heterocycles. The van der Waals surface area contributed by atoms with Crippen molar-refractivity contribution < 1.29 is 0 Å². The SMILES string of the molecule is CC.Cc1cc(Br)c(=O)n(C)c1. The lowest BCUT2D eigenvalue weighted by atomic mass is 10.3. The second kappa shape index (κ2) is 5.14. The van der Waals surface area contributed by atoms with Crippen LogP contribution in [-0.4, -0.2) is 4.57 Å². The number of pyridine rings is 1. The minimum Gasteiger partial charge on any atom is -0.317 e. The molecule has 0 bridgehead atoms. The van der Waals surface area contributed by atoms with Crippen LogP contribution in [0.15, 0.2) is 21.5 Å². The second-order valence-corrected chi connectivity index (χ2v) is 3.14. The summed E-state index contributed by atoms with van der Waals surface area (Å²) in [5.41, 5.74) is 1.08. The molecule has 0 amide bonds. The van der Waals surface area contributed by atoms with Crippen LogP contribution in [-0.2, 0) is 7.05 Å². The van der Waals surface area contributed by atoms with E-state index < -0.39 is 0 Å². The van der Waals surface area contributed by atoms with Gasteiger partial charge >= 0.3 is 0 Å². The average molecular weight is 232 g/mol. The summed E-state index contributed by atoms with van der Waals surface area (Å²) in [6, 6.07) is 1.81. The molecule has 0 atom stereocenters. The molecule has 0 aliphatic heterocycles. The Morgan fingerprint density at radius 1 is 1.42 bits per heavy atom. The summed E-state index contributed by atoms with van der Waals surface area (Å²) < 4.78 is 2.18. The summed E-state index contributed by atoms with van der Waals surface area (Å²) in [6.45, 7) is 5.95. The highest BCUT2D eigenvalue weighted by molar-refractivity contribution is 9.10. The largest absolute Gasteiger partial charge is 0.317 e. The van der Waals surface area contributed by atoms with Crippen LogP contribution in [0.5, 0.6) is 0 Å². The van der Waals surface area contributed by atoms with Gasteiger partial charge in [-0.1, -0.05) is 13.8 Å². The second-order valence-electron chi connectivity index (χ2n) is 2.28. The van der Waals surface area contributed by atoms with E-state index >= 15 is 0 Å². The molecular weight excluding hydrogens is 218 g/mol. The van der Waals surface area contributed by atoms with E-state index in [1.807, 2.05) is 26.8 Å². The number of hydrogen-bond donors (Lipinski definition) is 0. The summed E-state index contributed by atoms with van der Waals surface area (Å²) in [5, 5.41) is 0. The van der Waals surface area contributed by atoms with Crippen LogP contribution < -0.4 is 5.56 Å². The summed E-state index contributed by atoms with van der Waals surface area (Å²) in [5.74, 6) is 0. The minimum atomic E-state index is 0.00519. The van der Waals surface area contributed by atoms with Gasteiger partial charge in [-0.25, -0.2) is 0 Å². The van der Waals surface area contributed by atoms with E-state index in [0.717, 1.165) is 5.56 Å². The molecule has 0 aliphatic carbocycles. The first-order chi connectivity index (χ1) is 5.61. The van der Waals surface area contributed by atoms with Gasteiger partial charge in [0.1, 0.15) is 0 Å². The molecule has 0 aliphatic rings. The third-order valence-corrected chi connectivity index (χ3v) is 1.84. The van der Waals surface area contributed by atoms with E-state index in [0.29, 0.717) is 4.47 Å². The number of hydrogen-bond acceptors (Lipinski definition) is 1. The predicted octanol–water partition coefficient (Wildman–Crippen LogP) is 2.48. The molecule has 12 heavy (non-hydrogen) atoms. The van der Waals surface area contributed by atoms with Gasteiger partial charge in [0.25, 0.3) is 5.56 Å². The molecule has 3 heteroatoms. The Morgan fingerprint density at radius 2 is 1.92 bits per heavy atom. The van der Waals surface area contributed by atoms with Crippen molar-refractivity contribution in [3.8, 4) is 0 Å². The number of halogens is 1. The minimum absolute atomic E-state index is 0.00519. The highest BCUT2D eigenvalue weighted by Crippen LogP contribution is 2.04. The Balaban J connectivity index is 0.000000561. The molecule has 0 radical (unpaired) electrons. The molecule has 0 N–H and O–H groups in total. The highest BCUT2D eigenvalue weighted by Gasteiger charge is 1.96. The van der Waals surface area contributed by atoms with Gasteiger partial charge in [-0.2, -0.15) is 0 Å². The molecule has 1 aromatic rings. The van der Waals surface area contributed by atoms with Gasteiger partial charge in [-0.15, -0.1) is 0 Å². The Hall–Kier alpha value is -0.570. The van der Waals surface area contributed by atoms with Crippen molar-refractivity contribution in [3.63, 3.8) is 0 Å². The van der Waals surface area contributed by atoms with Crippen LogP contribution in [0.3, 0.4) is 0 Å². The molecule has 2 nitrogen and oxygen atoms in total. The third kappa shape index (κ3) is 2.81. The van der Waals surface area contributed by atoms with Crippen molar-refractivity contribution in [3.05, 3.63) is 32.7 Å². The Morgan fingerprint density at radius 3 is 2.33 bits per heavy atom. The van der Waals surface area contributed by atoms with Crippen molar-refractivity contribution >= 4 is 15.9 Å². The maximum atomic E-state index is 11.0. The summed E-state index contributed by atoms with van der Waals surface area (Å²) >= 11 is 3.16. The summed E-state index contributed by atoms with van der Waals surface area (Å²) in [6.07, 6.45) is 1.80. The predicted molar refractivity (Wildman–Crippen MR) is 55.5 cm³/mol. The smallest absolute Gasteiger partial charge is 0.264 e. The maximum absolute atomic E-state index is 11.0. The molecule has 0 saturated carbocycles. The third-order valence-electron chi connectivity index (χ3n) is 1.28. The lowest BCUT2D eigenvalue weighted by molar-refractivity contribution is 0.845. The Labute approximate surface area is 81.4 Å². The van der Waals surface area contributed by atoms with Crippen molar-refractivity contribution in [2.24, 2.45) is 7.05 Å². The molecule has 0 fully saturated rings. The van der Waals surface area contributed by atoms with Crippen molar-refractivity contribution in [1.29, 1.82) is 0 Å². The van der Waals surface area contributed by atoms with E-state index in [1.54, 1.807) is 17.8 Å². The van der Waals surface area contributed by atoms with Gasteiger partial charge < -0.3 is 4.57 Å². The van der Waals surface area contributed by atoms with Crippen LogP contribution >= 0.6 is 15.9 Å². The van der Waals surface area contributed by atoms with E-state index in [4.69, 9.17) is 0 Å². The average Bonchev–Trinajstić information content (AvgIpc) is 2.04. The van der Waals surface area contributed by atoms with Crippen LogP contribution in [0.1, 0.15) is 19.4 Å². The molecule has 0 aromatic carbocycles. The van der Waals surface area contributed by atoms with E-state index in [2.05, 4.69) is 15.9 Å². The van der Waals surface area contributed by atoms with E-state index in [9.17, 15) is 4.79 Å². The van der Waals surface area contributed by atoms with Crippen LogP contribution in [0, 0.1) is 6.92 Å². The van der Waals surface area contributed by atoms with E-state index in [-0.39, 0.29) is 5.56 Å². The van der Waals surface area contributed by atoms with Gasteiger partial charge in [0.2, 0.25) is 0 Å². The zero-order valence-corrected chi connectivity index (χ0v) is 9.47. The summed E-state index contributed by atoms with van der Waals surface area (Å²) in [4.78, 5) is 11.0. The maximum Gasteiger partial charge on any atom is 0.264 e. The first-order valence-corrected chi connectivity index (χ1v) is 4.73. The normalized spacial score (nSPS) is 8.75. The number of aryl methyl sites for hydroxylation is 2. The van der Waals surface area contributed by atoms with Crippen molar-refractivity contribution in [1.82, 2.24) is 4.57 Å². The fraction of sp³-hybridized carbons (Fsp3) is 0.444. The topological polar surface area (TPSA) is 22.0 Å². The zero-order chi connectivity index (χ0) is 9.72. The van der Waals surface area contributed by atoms with Crippen LogP contribution in [0.2, 0.25) is 0 Å². The Bertz CT molecular complexity index is 278. The molecule has 0 unspecified atom stereocenters. The first kappa shape index (κ1) is 11.4. The standard InChI is InChI=1S/C7H8BrNO.C2H6/c1-5-3-6(8)7(10)9(2)4-5;1-2/h3-4H,1-2H3;1-2H3.